The lowest BCUT2D eigenvalue weighted by atomic mass is 9.96. The van der Waals surface area contributed by atoms with Crippen LogP contribution in [-0.4, -0.2) is 17.5 Å². The number of ether oxygens (including phenoxy) is 2. The highest BCUT2D eigenvalue weighted by atomic mass is 16.7. The van der Waals surface area contributed by atoms with Gasteiger partial charge in [-0.2, -0.15) is 0 Å². The van der Waals surface area contributed by atoms with Crippen LogP contribution in [0.3, 0.4) is 0 Å². The number of aliphatic hydroxyl groups is 1. The summed E-state index contributed by atoms with van der Waals surface area (Å²) in [6, 6.07) is 6.15. The van der Waals surface area contributed by atoms with E-state index in [2.05, 4.69) is 25.1 Å². The Labute approximate surface area is 127 Å². The molecule has 0 radical (unpaired) electrons. The van der Waals surface area contributed by atoms with Gasteiger partial charge in [0.1, 0.15) is 0 Å². The smallest absolute Gasteiger partial charge is 0.231 e. The van der Waals surface area contributed by atoms with E-state index in [9.17, 15) is 5.11 Å². The molecule has 0 unspecified atom stereocenters. The van der Waals surface area contributed by atoms with Gasteiger partial charge in [0.2, 0.25) is 6.79 Å². The van der Waals surface area contributed by atoms with Crippen molar-refractivity contribution in [3.05, 3.63) is 35.4 Å². The molecule has 0 atom stereocenters. The molecule has 3 heteroatoms. The Morgan fingerprint density at radius 2 is 2.05 bits per heavy atom. The van der Waals surface area contributed by atoms with Crippen LogP contribution in [0.1, 0.15) is 52.0 Å². The van der Waals surface area contributed by atoms with Crippen LogP contribution in [0, 0.1) is 0 Å². The molecule has 0 amide bonds. The van der Waals surface area contributed by atoms with Gasteiger partial charge in [0, 0.05) is 0 Å². The summed E-state index contributed by atoms with van der Waals surface area (Å²) in [6.07, 6.45) is 7.18. The zero-order valence-corrected chi connectivity index (χ0v) is 13.3. The monoisotopic (exact) mass is 290 g/mol. The molecule has 3 nitrogen and oxygen atoms in total. The normalized spacial score (nSPS) is 14.6. The van der Waals surface area contributed by atoms with Crippen LogP contribution in [0.4, 0.5) is 0 Å². The van der Waals surface area contributed by atoms with Gasteiger partial charge < -0.3 is 14.6 Å². The highest BCUT2D eigenvalue weighted by Crippen LogP contribution is 2.32. The van der Waals surface area contributed by atoms with Crippen LogP contribution >= 0.6 is 0 Å². The van der Waals surface area contributed by atoms with Gasteiger partial charge in [0.05, 0.1) is 5.60 Å². The van der Waals surface area contributed by atoms with Crippen molar-refractivity contribution in [2.24, 2.45) is 0 Å². The molecule has 0 saturated carbocycles. The van der Waals surface area contributed by atoms with Crippen molar-refractivity contribution in [2.75, 3.05) is 6.79 Å². The second kappa shape index (κ2) is 6.99. The number of benzene rings is 1. The van der Waals surface area contributed by atoms with Crippen LogP contribution in [0.5, 0.6) is 11.5 Å². The molecule has 0 spiro atoms. The molecule has 1 aliphatic rings. The Bertz CT molecular complexity index is 498. The minimum Gasteiger partial charge on any atom is -0.454 e. The van der Waals surface area contributed by atoms with E-state index < -0.39 is 5.60 Å². The Hall–Kier alpha value is -1.48. The fourth-order valence-electron chi connectivity index (χ4n) is 2.43. The molecule has 1 aliphatic heterocycles. The fraction of sp³-hybridized carbons (Fsp3) is 0.556. The zero-order chi connectivity index (χ0) is 15.3. The summed E-state index contributed by atoms with van der Waals surface area (Å²) in [5, 5.41) is 9.80. The first-order chi connectivity index (χ1) is 9.98. The Balaban J connectivity index is 1.85. The molecule has 2 rings (SSSR count). The average molecular weight is 290 g/mol. The number of aryl methyl sites for hydroxylation is 1. The Morgan fingerprint density at radius 1 is 1.29 bits per heavy atom. The minimum atomic E-state index is -0.578. The SMILES string of the molecule is CCC(=CCCc1ccc2c(c1)OCO2)CCC(C)(C)O. The third-order valence-corrected chi connectivity index (χ3v) is 3.82. The maximum absolute atomic E-state index is 9.80. The summed E-state index contributed by atoms with van der Waals surface area (Å²) < 4.78 is 10.7. The summed E-state index contributed by atoms with van der Waals surface area (Å²) in [5.74, 6) is 1.70. The van der Waals surface area contributed by atoms with Gasteiger partial charge in [-0.1, -0.05) is 24.6 Å². The van der Waals surface area contributed by atoms with Gasteiger partial charge in [-0.15, -0.1) is 0 Å². The third kappa shape index (κ3) is 5.09. The van der Waals surface area contributed by atoms with Gasteiger partial charge in [-0.05, 0) is 63.6 Å². The van der Waals surface area contributed by atoms with Crippen LogP contribution in [0.2, 0.25) is 0 Å². The lowest BCUT2D eigenvalue weighted by Gasteiger charge is -2.17. The van der Waals surface area contributed by atoms with E-state index in [1.54, 1.807) is 0 Å². The van der Waals surface area contributed by atoms with Crippen molar-refractivity contribution in [1.82, 2.24) is 0 Å². The molecule has 21 heavy (non-hydrogen) atoms. The topological polar surface area (TPSA) is 38.7 Å². The molecule has 0 saturated heterocycles. The van der Waals surface area contributed by atoms with Gasteiger partial charge in [0.25, 0.3) is 0 Å². The molecule has 0 fully saturated rings. The van der Waals surface area contributed by atoms with E-state index in [4.69, 9.17) is 9.47 Å². The number of hydrogen-bond acceptors (Lipinski definition) is 3. The molecule has 1 aromatic carbocycles. The van der Waals surface area contributed by atoms with Crippen molar-refractivity contribution in [2.45, 2.75) is 58.5 Å². The van der Waals surface area contributed by atoms with Crippen LogP contribution in [0.15, 0.2) is 29.8 Å². The second-order valence-electron chi connectivity index (χ2n) is 6.25. The highest BCUT2D eigenvalue weighted by Gasteiger charge is 2.13. The fourth-order valence-corrected chi connectivity index (χ4v) is 2.43. The van der Waals surface area contributed by atoms with Crippen molar-refractivity contribution >= 4 is 0 Å². The van der Waals surface area contributed by atoms with Crippen molar-refractivity contribution < 1.29 is 14.6 Å². The van der Waals surface area contributed by atoms with E-state index in [0.717, 1.165) is 43.6 Å². The van der Waals surface area contributed by atoms with E-state index in [1.165, 1.54) is 11.1 Å². The lowest BCUT2D eigenvalue weighted by Crippen LogP contribution is -2.18. The maximum Gasteiger partial charge on any atom is 0.231 e. The van der Waals surface area contributed by atoms with E-state index in [0.29, 0.717) is 6.79 Å². The first-order valence-corrected chi connectivity index (χ1v) is 7.77. The number of hydrogen-bond donors (Lipinski definition) is 1. The average Bonchev–Trinajstić information content (AvgIpc) is 2.89. The molecule has 0 aliphatic carbocycles. The molecule has 1 N–H and O–H groups in total. The van der Waals surface area contributed by atoms with Crippen LogP contribution in [-0.2, 0) is 6.42 Å². The second-order valence-corrected chi connectivity index (χ2v) is 6.25. The zero-order valence-electron chi connectivity index (χ0n) is 13.3. The standard InChI is InChI=1S/C18H26O3/c1-4-14(10-11-18(2,3)19)6-5-7-15-8-9-16-17(12-15)21-13-20-16/h6,8-9,12,19H,4-5,7,10-11,13H2,1-3H3. The van der Waals surface area contributed by atoms with Gasteiger partial charge in [-0.25, -0.2) is 0 Å². The minimum absolute atomic E-state index is 0.329. The number of rotatable bonds is 7. The third-order valence-electron chi connectivity index (χ3n) is 3.82. The summed E-state index contributed by atoms with van der Waals surface area (Å²) in [4.78, 5) is 0. The Morgan fingerprint density at radius 3 is 2.76 bits per heavy atom. The summed E-state index contributed by atoms with van der Waals surface area (Å²) in [7, 11) is 0. The molecule has 1 heterocycles. The molecule has 0 aromatic heterocycles. The van der Waals surface area contributed by atoms with Crippen LogP contribution in [0.25, 0.3) is 0 Å². The number of fused-ring (bicyclic) bond motifs is 1. The van der Waals surface area contributed by atoms with E-state index in [-0.39, 0.29) is 0 Å². The molecule has 116 valence electrons. The predicted octanol–water partition coefficient (Wildman–Crippen LogP) is 4.24. The first kappa shape index (κ1) is 15.9. The van der Waals surface area contributed by atoms with Crippen molar-refractivity contribution in [1.29, 1.82) is 0 Å². The first-order valence-electron chi connectivity index (χ1n) is 7.77. The molecular weight excluding hydrogens is 264 g/mol. The van der Waals surface area contributed by atoms with Crippen LogP contribution < -0.4 is 9.47 Å². The van der Waals surface area contributed by atoms with Gasteiger partial charge in [0.15, 0.2) is 11.5 Å². The largest absolute Gasteiger partial charge is 0.454 e. The Kier molecular flexibility index (Phi) is 5.29. The predicted molar refractivity (Wildman–Crippen MR) is 84.8 cm³/mol. The van der Waals surface area contributed by atoms with Gasteiger partial charge >= 0.3 is 0 Å². The quantitative estimate of drug-likeness (QED) is 0.764. The van der Waals surface area contributed by atoms with Gasteiger partial charge in [-0.3, -0.25) is 0 Å². The molecular formula is C18H26O3. The summed E-state index contributed by atoms with van der Waals surface area (Å²) >= 11 is 0. The summed E-state index contributed by atoms with van der Waals surface area (Å²) in [6.45, 7) is 6.24. The maximum atomic E-state index is 9.80. The van der Waals surface area contributed by atoms with E-state index >= 15 is 0 Å². The van der Waals surface area contributed by atoms with E-state index in [1.807, 2.05) is 19.9 Å². The van der Waals surface area contributed by atoms with Crippen molar-refractivity contribution in [3.63, 3.8) is 0 Å². The molecule has 0 bridgehead atoms. The summed E-state index contributed by atoms with van der Waals surface area (Å²) in [5.41, 5.74) is 2.12. The highest BCUT2D eigenvalue weighted by molar-refractivity contribution is 5.44. The molecule has 1 aromatic rings. The lowest BCUT2D eigenvalue weighted by molar-refractivity contribution is 0.0712. The van der Waals surface area contributed by atoms with Crippen molar-refractivity contribution in [3.8, 4) is 11.5 Å². The number of allylic oxidation sites excluding steroid dienone is 2.